The molecule has 0 spiro atoms. The molecule has 1 atom stereocenters. The van der Waals surface area contributed by atoms with Gasteiger partial charge in [0.15, 0.2) is 11.5 Å². The van der Waals surface area contributed by atoms with Gasteiger partial charge in [0.2, 0.25) is 12.0 Å². The van der Waals surface area contributed by atoms with Crippen molar-refractivity contribution < 1.29 is 19.1 Å². The summed E-state index contributed by atoms with van der Waals surface area (Å²) in [4.78, 5) is 25.7. The van der Waals surface area contributed by atoms with Crippen LogP contribution in [-0.4, -0.2) is 49.1 Å². The zero-order chi connectivity index (χ0) is 14.7. The molecule has 2 aliphatic heterocycles. The Morgan fingerprint density at radius 1 is 1.19 bits per heavy atom. The summed E-state index contributed by atoms with van der Waals surface area (Å²) < 4.78 is 11.1. The topological polar surface area (TPSA) is 67.9 Å². The van der Waals surface area contributed by atoms with Crippen LogP contribution in [0.5, 0.6) is 11.5 Å². The maximum absolute atomic E-state index is 12.0. The van der Waals surface area contributed by atoms with Gasteiger partial charge in [-0.3, -0.25) is 9.59 Å². The van der Waals surface area contributed by atoms with Gasteiger partial charge < -0.3 is 19.7 Å². The number of hydrogen-bond acceptors (Lipinski definition) is 4. The molecule has 2 amide bonds. The zero-order valence-corrected chi connectivity index (χ0v) is 11.7. The number of fused-ring (bicyclic) bond motifs is 1. The molecule has 3 rings (SSSR count). The summed E-state index contributed by atoms with van der Waals surface area (Å²) >= 11 is 0. The highest BCUT2D eigenvalue weighted by molar-refractivity contribution is 5.87. The average Bonchev–Trinajstić information content (AvgIpc) is 3.06. The first-order chi connectivity index (χ1) is 10.2. The highest BCUT2D eigenvalue weighted by Crippen LogP contribution is 2.30. The third-order valence-electron chi connectivity index (χ3n) is 3.67. The van der Waals surface area contributed by atoms with Crippen molar-refractivity contribution in [3.63, 3.8) is 0 Å². The molecular formula is C15H18N2O4. The molecule has 112 valence electrons. The van der Waals surface area contributed by atoms with E-state index in [-0.39, 0.29) is 25.0 Å². The SMILES string of the molecule is O=C(NCC(=O)N1CCCC1)C1COc2ccccc2O1. The minimum absolute atomic E-state index is 0.0142. The molecule has 1 saturated heterocycles. The molecule has 0 bridgehead atoms. The molecule has 1 aromatic rings. The van der Waals surface area contributed by atoms with Crippen LogP contribution in [0, 0.1) is 0 Å². The highest BCUT2D eigenvalue weighted by atomic mass is 16.6. The van der Waals surface area contributed by atoms with E-state index in [1.807, 2.05) is 12.1 Å². The lowest BCUT2D eigenvalue weighted by Gasteiger charge is -2.25. The van der Waals surface area contributed by atoms with Gasteiger partial charge >= 0.3 is 0 Å². The third kappa shape index (κ3) is 3.09. The molecule has 1 fully saturated rings. The van der Waals surface area contributed by atoms with E-state index in [1.165, 1.54) is 0 Å². The number of para-hydroxylation sites is 2. The van der Waals surface area contributed by atoms with Crippen molar-refractivity contribution in [2.75, 3.05) is 26.2 Å². The van der Waals surface area contributed by atoms with Gasteiger partial charge in [-0.05, 0) is 25.0 Å². The van der Waals surface area contributed by atoms with Crippen LogP contribution in [0.1, 0.15) is 12.8 Å². The smallest absolute Gasteiger partial charge is 0.265 e. The van der Waals surface area contributed by atoms with E-state index >= 15 is 0 Å². The van der Waals surface area contributed by atoms with Gasteiger partial charge in [-0.1, -0.05) is 12.1 Å². The summed E-state index contributed by atoms with van der Waals surface area (Å²) in [5.41, 5.74) is 0. The number of hydrogen-bond donors (Lipinski definition) is 1. The summed E-state index contributed by atoms with van der Waals surface area (Å²) in [6.07, 6.45) is 1.36. The molecule has 6 nitrogen and oxygen atoms in total. The molecule has 6 heteroatoms. The minimum atomic E-state index is -0.716. The lowest BCUT2D eigenvalue weighted by Crippen LogP contribution is -2.47. The van der Waals surface area contributed by atoms with Crippen molar-refractivity contribution in [2.45, 2.75) is 18.9 Å². The van der Waals surface area contributed by atoms with Gasteiger partial charge in [0.05, 0.1) is 6.54 Å². The molecular weight excluding hydrogens is 272 g/mol. The van der Waals surface area contributed by atoms with Gasteiger partial charge in [-0.15, -0.1) is 0 Å². The second kappa shape index (κ2) is 6.03. The lowest BCUT2D eigenvalue weighted by molar-refractivity contribution is -0.135. The van der Waals surface area contributed by atoms with Crippen molar-refractivity contribution in [2.24, 2.45) is 0 Å². The van der Waals surface area contributed by atoms with E-state index in [1.54, 1.807) is 17.0 Å². The van der Waals surface area contributed by atoms with Crippen LogP contribution in [-0.2, 0) is 9.59 Å². The Kier molecular flexibility index (Phi) is 3.94. The second-order valence-corrected chi connectivity index (χ2v) is 5.17. The summed E-state index contributed by atoms with van der Waals surface area (Å²) in [7, 11) is 0. The molecule has 1 aromatic carbocycles. The number of ether oxygens (including phenoxy) is 2. The molecule has 0 radical (unpaired) electrons. The Morgan fingerprint density at radius 3 is 2.67 bits per heavy atom. The van der Waals surface area contributed by atoms with Crippen LogP contribution in [0.3, 0.4) is 0 Å². The maximum Gasteiger partial charge on any atom is 0.265 e. The largest absolute Gasteiger partial charge is 0.485 e. The first-order valence-electron chi connectivity index (χ1n) is 7.18. The van der Waals surface area contributed by atoms with Crippen molar-refractivity contribution in [3.8, 4) is 11.5 Å². The van der Waals surface area contributed by atoms with Crippen molar-refractivity contribution in [1.29, 1.82) is 0 Å². The highest BCUT2D eigenvalue weighted by Gasteiger charge is 2.28. The van der Waals surface area contributed by atoms with E-state index in [2.05, 4.69) is 5.32 Å². The van der Waals surface area contributed by atoms with Crippen LogP contribution in [0.2, 0.25) is 0 Å². The molecule has 2 aliphatic rings. The fraction of sp³-hybridized carbons (Fsp3) is 0.467. The number of nitrogens with one attached hydrogen (secondary N) is 1. The molecule has 0 aromatic heterocycles. The first kappa shape index (κ1) is 13.7. The Bertz CT molecular complexity index is 540. The molecule has 1 N–H and O–H groups in total. The Hall–Kier alpha value is -2.24. The molecule has 1 unspecified atom stereocenters. The summed E-state index contributed by atoms with van der Waals surface area (Å²) in [6, 6.07) is 7.21. The lowest BCUT2D eigenvalue weighted by atomic mass is 10.2. The van der Waals surface area contributed by atoms with Gasteiger partial charge in [-0.25, -0.2) is 0 Å². The third-order valence-corrected chi connectivity index (χ3v) is 3.67. The second-order valence-electron chi connectivity index (χ2n) is 5.17. The van der Waals surface area contributed by atoms with Crippen molar-refractivity contribution >= 4 is 11.8 Å². The van der Waals surface area contributed by atoms with Crippen LogP contribution in [0.4, 0.5) is 0 Å². The van der Waals surface area contributed by atoms with E-state index in [0.717, 1.165) is 25.9 Å². The Labute approximate surface area is 123 Å². The summed E-state index contributed by atoms with van der Waals surface area (Å²) in [6.45, 7) is 1.73. The molecule has 0 saturated carbocycles. The van der Waals surface area contributed by atoms with Crippen LogP contribution in [0.25, 0.3) is 0 Å². The van der Waals surface area contributed by atoms with E-state index < -0.39 is 6.10 Å². The fourth-order valence-electron chi connectivity index (χ4n) is 2.50. The average molecular weight is 290 g/mol. The predicted molar refractivity (Wildman–Crippen MR) is 75.2 cm³/mol. The number of benzene rings is 1. The number of amides is 2. The van der Waals surface area contributed by atoms with Gasteiger partial charge in [-0.2, -0.15) is 0 Å². The van der Waals surface area contributed by atoms with Crippen molar-refractivity contribution in [1.82, 2.24) is 10.2 Å². The Morgan fingerprint density at radius 2 is 1.90 bits per heavy atom. The zero-order valence-electron chi connectivity index (χ0n) is 11.7. The van der Waals surface area contributed by atoms with E-state index in [0.29, 0.717) is 11.5 Å². The first-order valence-corrected chi connectivity index (χ1v) is 7.18. The van der Waals surface area contributed by atoms with Crippen molar-refractivity contribution in [3.05, 3.63) is 24.3 Å². The van der Waals surface area contributed by atoms with Gasteiger partial charge in [0.25, 0.3) is 5.91 Å². The summed E-state index contributed by atoms with van der Waals surface area (Å²) in [5.74, 6) is 0.819. The van der Waals surface area contributed by atoms with E-state index in [4.69, 9.17) is 9.47 Å². The minimum Gasteiger partial charge on any atom is -0.485 e. The number of nitrogens with zero attached hydrogens (tertiary/aromatic N) is 1. The van der Waals surface area contributed by atoms with Crippen LogP contribution >= 0.6 is 0 Å². The number of likely N-dealkylation sites (tertiary alicyclic amines) is 1. The molecule has 0 aliphatic carbocycles. The molecule has 2 heterocycles. The standard InChI is InChI=1S/C15H18N2O4/c18-14(17-7-3-4-8-17)9-16-15(19)13-10-20-11-5-1-2-6-12(11)21-13/h1-2,5-6,13H,3-4,7-10H2,(H,16,19). The normalized spacial score (nSPS) is 20.2. The maximum atomic E-state index is 12.0. The predicted octanol–water partition coefficient (Wildman–Crippen LogP) is 0.565. The van der Waals surface area contributed by atoms with Gasteiger partial charge in [0.1, 0.15) is 6.61 Å². The number of carbonyl (C=O) groups excluding carboxylic acids is 2. The fourth-order valence-corrected chi connectivity index (χ4v) is 2.50. The molecule has 21 heavy (non-hydrogen) atoms. The van der Waals surface area contributed by atoms with Crippen LogP contribution < -0.4 is 14.8 Å². The number of rotatable bonds is 3. The van der Waals surface area contributed by atoms with E-state index in [9.17, 15) is 9.59 Å². The quantitative estimate of drug-likeness (QED) is 0.883. The monoisotopic (exact) mass is 290 g/mol. The van der Waals surface area contributed by atoms with Gasteiger partial charge in [0, 0.05) is 13.1 Å². The number of carbonyl (C=O) groups is 2. The van der Waals surface area contributed by atoms with Crippen LogP contribution in [0.15, 0.2) is 24.3 Å². The summed E-state index contributed by atoms with van der Waals surface area (Å²) in [5, 5.41) is 2.62. The Balaban J connectivity index is 1.51.